The molecule has 0 aliphatic carbocycles. The number of thiophene rings is 1. The molecule has 0 spiro atoms. The van der Waals surface area contributed by atoms with E-state index >= 15 is 0 Å². The highest BCUT2D eigenvalue weighted by Gasteiger charge is 2.15. The minimum Gasteiger partial charge on any atom is -0.383 e. The van der Waals surface area contributed by atoms with E-state index in [1.165, 1.54) is 4.88 Å². The van der Waals surface area contributed by atoms with Gasteiger partial charge in [-0.05, 0) is 63.4 Å². The van der Waals surface area contributed by atoms with Crippen molar-refractivity contribution in [3.05, 3.63) is 37.7 Å². The summed E-state index contributed by atoms with van der Waals surface area (Å²) in [5, 5.41) is 0. The van der Waals surface area contributed by atoms with Gasteiger partial charge in [0, 0.05) is 20.0 Å². The van der Waals surface area contributed by atoms with Gasteiger partial charge in [0.2, 0.25) is 0 Å². The van der Waals surface area contributed by atoms with Crippen molar-refractivity contribution in [3.8, 4) is 10.6 Å². The minimum atomic E-state index is 0.671. The van der Waals surface area contributed by atoms with Crippen LogP contribution >= 0.6 is 43.2 Å². The number of rotatable bonds is 1. The maximum atomic E-state index is 6.22. The molecular weight excluding hydrogens is 390 g/mol. The Morgan fingerprint density at radius 1 is 1.21 bits per heavy atom. The molecule has 3 aromatic rings. The average molecular weight is 401 g/mol. The second-order valence-corrected chi connectivity index (χ2v) is 7.36. The van der Waals surface area contributed by atoms with Gasteiger partial charge in [0.1, 0.15) is 17.2 Å². The number of imidazole rings is 1. The summed E-state index contributed by atoms with van der Waals surface area (Å²) in [6.45, 7) is 4.12. The molecule has 0 unspecified atom stereocenters. The molecule has 0 amide bonds. The molecule has 3 rings (SSSR count). The Bertz CT molecular complexity index is 769. The van der Waals surface area contributed by atoms with Gasteiger partial charge in [-0.1, -0.05) is 0 Å². The van der Waals surface area contributed by atoms with E-state index in [1.807, 2.05) is 23.6 Å². The molecule has 0 atom stereocenters. The third-order valence-electron chi connectivity index (χ3n) is 3.03. The number of hydrogen-bond acceptors (Lipinski definition) is 3. The van der Waals surface area contributed by atoms with Gasteiger partial charge in [-0.3, -0.25) is 4.40 Å². The lowest BCUT2D eigenvalue weighted by molar-refractivity contribution is 1.16. The number of hydrogen-bond donors (Lipinski definition) is 1. The van der Waals surface area contributed by atoms with Crippen LogP contribution < -0.4 is 5.73 Å². The van der Waals surface area contributed by atoms with Crippen molar-refractivity contribution in [1.29, 1.82) is 0 Å². The number of anilines is 1. The first-order chi connectivity index (χ1) is 8.97. The van der Waals surface area contributed by atoms with Gasteiger partial charge < -0.3 is 5.73 Å². The summed E-state index contributed by atoms with van der Waals surface area (Å²) in [7, 11) is 0. The number of aromatic nitrogens is 2. The highest BCUT2D eigenvalue weighted by atomic mass is 79.9. The zero-order chi connectivity index (χ0) is 13.7. The van der Waals surface area contributed by atoms with Crippen LogP contribution in [0.4, 0.5) is 5.82 Å². The first-order valence-corrected chi connectivity index (χ1v) is 8.07. The van der Waals surface area contributed by atoms with Gasteiger partial charge in [0.05, 0.1) is 4.88 Å². The highest BCUT2D eigenvalue weighted by Crippen LogP contribution is 2.37. The predicted octanol–water partition coefficient (Wildman–Crippen LogP) is 4.79. The molecule has 19 heavy (non-hydrogen) atoms. The summed E-state index contributed by atoms with van der Waals surface area (Å²) in [4.78, 5) is 6.95. The van der Waals surface area contributed by atoms with Gasteiger partial charge in [0.25, 0.3) is 0 Å². The first-order valence-electron chi connectivity index (χ1n) is 5.67. The zero-order valence-corrected chi connectivity index (χ0v) is 14.4. The maximum absolute atomic E-state index is 6.22. The summed E-state index contributed by atoms with van der Waals surface area (Å²) >= 11 is 8.75. The molecule has 0 aromatic carbocycles. The Morgan fingerprint density at radius 2 is 1.95 bits per heavy atom. The molecule has 3 aromatic heterocycles. The van der Waals surface area contributed by atoms with E-state index in [9.17, 15) is 0 Å². The monoisotopic (exact) mass is 399 g/mol. The van der Waals surface area contributed by atoms with Crippen LogP contribution in [0.1, 0.15) is 10.4 Å². The number of aryl methyl sites for hydroxylation is 2. The molecule has 0 saturated carbocycles. The van der Waals surface area contributed by atoms with Gasteiger partial charge in [-0.15, -0.1) is 11.3 Å². The van der Waals surface area contributed by atoms with Gasteiger partial charge in [0.15, 0.2) is 0 Å². The van der Waals surface area contributed by atoms with Gasteiger partial charge in [-0.25, -0.2) is 4.98 Å². The van der Waals surface area contributed by atoms with Crippen LogP contribution in [0.5, 0.6) is 0 Å². The third-order valence-corrected chi connectivity index (χ3v) is 6.00. The van der Waals surface area contributed by atoms with E-state index < -0.39 is 0 Å². The van der Waals surface area contributed by atoms with Crippen LogP contribution in [-0.2, 0) is 0 Å². The lowest BCUT2D eigenvalue weighted by Gasteiger charge is -2.00. The number of halogens is 2. The van der Waals surface area contributed by atoms with Crippen molar-refractivity contribution in [3.63, 3.8) is 0 Å². The first kappa shape index (κ1) is 13.1. The minimum absolute atomic E-state index is 0.671. The summed E-state index contributed by atoms with van der Waals surface area (Å²) in [6.07, 6.45) is 1.96. The Morgan fingerprint density at radius 3 is 2.58 bits per heavy atom. The Balaban J connectivity index is 2.28. The molecule has 0 aliphatic heterocycles. The lowest BCUT2D eigenvalue weighted by atomic mass is 10.3. The summed E-state index contributed by atoms with van der Waals surface area (Å²) < 4.78 is 4.04. The Kier molecular flexibility index (Phi) is 3.19. The second kappa shape index (κ2) is 4.61. The van der Waals surface area contributed by atoms with Crippen molar-refractivity contribution in [2.24, 2.45) is 0 Å². The number of nitrogen functional groups attached to an aromatic ring is 1. The second-order valence-electron chi connectivity index (χ2n) is 4.39. The summed E-state index contributed by atoms with van der Waals surface area (Å²) in [6, 6.07) is 4.10. The Labute approximate surface area is 131 Å². The number of nitrogens with zero attached hydrogens (tertiary/aromatic N) is 2. The molecule has 3 heterocycles. The van der Waals surface area contributed by atoms with E-state index in [-0.39, 0.29) is 0 Å². The number of fused-ring (bicyclic) bond motifs is 1. The molecule has 0 fully saturated rings. The smallest absolute Gasteiger partial charge is 0.139 e. The van der Waals surface area contributed by atoms with Crippen LogP contribution in [0.2, 0.25) is 0 Å². The average Bonchev–Trinajstić information content (AvgIpc) is 2.83. The van der Waals surface area contributed by atoms with Crippen molar-refractivity contribution in [1.82, 2.24) is 9.38 Å². The largest absolute Gasteiger partial charge is 0.383 e. The fourth-order valence-electron chi connectivity index (χ4n) is 1.94. The Hall–Kier alpha value is -0.850. The molecule has 0 aliphatic rings. The van der Waals surface area contributed by atoms with Crippen LogP contribution in [0, 0.1) is 13.8 Å². The van der Waals surface area contributed by atoms with Crippen molar-refractivity contribution in [2.75, 3.05) is 5.73 Å². The maximum Gasteiger partial charge on any atom is 0.139 e. The van der Waals surface area contributed by atoms with Crippen molar-refractivity contribution >= 4 is 54.7 Å². The SMILES string of the molecule is Cc1cc2nc(-c3cc(Br)c(C)s3)c(N)n2cc1Br. The lowest BCUT2D eigenvalue weighted by Crippen LogP contribution is -1.94. The topological polar surface area (TPSA) is 43.3 Å². The standard InChI is InChI=1S/C13H11Br2N3S/c1-6-3-11-17-12(10-4-8(14)7(2)19-10)13(16)18(11)5-9(6)15/h3-5H,16H2,1-2H3. The summed E-state index contributed by atoms with van der Waals surface area (Å²) in [5.41, 5.74) is 9.08. The van der Waals surface area contributed by atoms with E-state index in [0.29, 0.717) is 5.82 Å². The normalized spacial score (nSPS) is 11.4. The highest BCUT2D eigenvalue weighted by molar-refractivity contribution is 9.10. The fraction of sp³-hybridized carbons (Fsp3) is 0.154. The van der Waals surface area contributed by atoms with Crippen LogP contribution in [0.25, 0.3) is 16.2 Å². The van der Waals surface area contributed by atoms with E-state index in [2.05, 4.69) is 49.8 Å². The molecular formula is C13H11Br2N3S. The fourth-order valence-corrected chi connectivity index (χ4v) is 3.79. The summed E-state index contributed by atoms with van der Waals surface area (Å²) in [5.74, 6) is 0.671. The van der Waals surface area contributed by atoms with Crippen LogP contribution in [0.15, 0.2) is 27.3 Å². The van der Waals surface area contributed by atoms with E-state index in [0.717, 1.165) is 30.7 Å². The number of nitrogens with two attached hydrogens (primary N) is 1. The van der Waals surface area contributed by atoms with E-state index in [4.69, 9.17) is 5.73 Å². The molecule has 3 nitrogen and oxygen atoms in total. The third kappa shape index (κ3) is 2.11. The molecule has 0 saturated heterocycles. The van der Waals surface area contributed by atoms with Crippen LogP contribution in [0.3, 0.4) is 0 Å². The van der Waals surface area contributed by atoms with Crippen molar-refractivity contribution in [2.45, 2.75) is 13.8 Å². The molecule has 2 N–H and O–H groups in total. The molecule has 0 radical (unpaired) electrons. The predicted molar refractivity (Wildman–Crippen MR) is 87.8 cm³/mol. The quantitative estimate of drug-likeness (QED) is 0.638. The van der Waals surface area contributed by atoms with Crippen LogP contribution in [-0.4, -0.2) is 9.38 Å². The number of pyridine rings is 1. The molecule has 98 valence electrons. The van der Waals surface area contributed by atoms with Gasteiger partial charge in [-0.2, -0.15) is 0 Å². The van der Waals surface area contributed by atoms with E-state index in [1.54, 1.807) is 11.3 Å². The van der Waals surface area contributed by atoms with Gasteiger partial charge >= 0.3 is 0 Å². The molecule has 0 bridgehead atoms. The van der Waals surface area contributed by atoms with Crippen molar-refractivity contribution < 1.29 is 0 Å². The zero-order valence-electron chi connectivity index (χ0n) is 10.4. The molecule has 6 heteroatoms.